The largest absolute Gasteiger partial charge is 0.444 e. The second-order valence-electron chi connectivity index (χ2n) is 8.93. The van der Waals surface area contributed by atoms with E-state index >= 15 is 0 Å². The fraction of sp³-hybridized carbons (Fsp3) is 0.458. The summed E-state index contributed by atoms with van der Waals surface area (Å²) in [5.41, 5.74) is 7.07. The Bertz CT molecular complexity index is 1170. The Kier molecular flexibility index (Phi) is 8.26. The molecule has 0 saturated carbocycles. The normalized spacial score (nSPS) is 14.7. The Labute approximate surface area is 213 Å². The molecule has 1 atom stereocenters. The van der Waals surface area contributed by atoms with Gasteiger partial charge in [0.2, 0.25) is 11.6 Å². The third kappa shape index (κ3) is 6.05. The number of amides is 2. The molecule has 3 rings (SSSR count). The van der Waals surface area contributed by atoms with Gasteiger partial charge in [-0.3, -0.25) is 4.79 Å². The second-order valence-corrected chi connectivity index (χ2v) is 10.8. The van der Waals surface area contributed by atoms with E-state index in [-0.39, 0.29) is 6.09 Å². The number of nitrogens with zero attached hydrogens (tertiary/aromatic N) is 5. The number of piperazine rings is 1. The van der Waals surface area contributed by atoms with Gasteiger partial charge in [-0.2, -0.15) is 16.6 Å². The lowest BCUT2D eigenvalue weighted by molar-refractivity contribution is -0.117. The van der Waals surface area contributed by atoms with Crippen LogP contribution >= 0.6 is 23.1 Å². The van der Waals surface area contributed by atoms with E-state index in [2.05, 4.69) is 10.9 Å². The van der Waals surface area contributed by atoms with Crippen LogP contribution in [-0.2, 0) is 16.0 Å². The summed E-state index contributed by atoms with van der Waals surface area (Å²) in [6, 6.07) is 4.01. The van der Waals surface area contributed by atoms with Crippen LogP contribution in [0.5, 0.6) is 0 Å². The van der Waals surface area contributed by atoms with Gasteiger partial charge in [-0.15, -0.1) is 0 Å². The van der Waals surface area contributed by atoms with E-state index in [0.717, 1.165) is 17.3 Å². The van der Waals surface area contributed by atoms with Gasteiger partial charge >= 0.3 is 6.09 Å². The lowest BCUT2D eigenvalue weighted by Gasteiger charge is -2.37. The molecule has 0 aromatic carbocycles. The van der Waals surface area contributed by atoms with Gasteiger partial charge in [0.1, 0.15) is 27.8 Å². The highest BCUT2D eigenvalue weighted by Crippen LogP contribution is 2.43. The minimum atomic E-state index is -0.707. The molecule has 0 radical (unpaired) electrons. The molecule has 1 aliphatic rings. The van der Waals surface area contributed by atoms with Gasteiger partial charge in [0.05, 0.1) is 12.1 Å². The van der Waals surface area contributed by atoms with Crippen LogP contribution in [0.2, 0.25) is 0 Å². The number of hydrogen-bond acceptors (Lipinski definition) is 8. The molecule has 1 fully saturated rings. The number of carbonyl (C=O) groups excluding carboxylic acids is 2. The molecule has 2 amide bonds. The number of primary amides is 1. The van der Waals surface area contributed by atoms with E-state index in [1.807, 2.05) is 49.4 Å². The molecule has 1 saturated heterocycles. The summed E-state index contributed by atoms with van der Waals surface area (Å²) in [5.74, 6) is -0.0744. The van der Waals surface area contributed by atoms with Crippen LogP contribution in [0.25, 0.3) is 4.85 Å². The van der Waals surface area contributed by atoms with Crippen molar-refractivity contribution in [2.45, 2.75) is 50.0 Å². The fourth-order valence-corrected chi connectivity index (χ4v) is 5.54. The van der Waals surface area contributed by atoms with Gasteiger partial charge in [0.15, 0.2) is 0 Å². The summed E-state index contributed by atoms with van der Waals surface area (Å²) >= 11 is 2.58. The Morgan fingerprint density at radius 2 is 2.06 bits per heavy atom. The van der Waals surface area contributed by atoms with Gasteiger partial charge in [0, 0.05) is 26.2 Å². The zero-order valence-corrected chi connectivity index (χ0v) is 21.8. The number of pyridine rings is 1. The molecule has 0 spiro atoms. The number of ether oxygens (including phenoxy) is 1. The predicted octanol–water partition coefficient (Wildman–Crippen LogP) is 4.50. The number of thiophene rings is 1. The average Bonchev–Trinajstić information content (AvgIpc) is 3.34. The molecule has 35 heavy (non-hydrogen) atoms. The van der Waals surface area contributed by atoms with Crippen molar-refractivity contribution >= 4 is 46.6 Å². The van der Waals surface area contributed by atoms with Gasteiger partial charge in [-0.25, -0.2) is 14.6 Å². The van der Waals surface area contributed by atoms with Crippen LogP contribution < -0.4 is 10.6 Å². The molecule has 2 N–H and O–H groups in total. The molecule has 1 unspecified atom stereocenters. The van der Waals surface area contributed by atoms with Crippen LogP contribution in [-0.4, -0.2) is 53.7 Å². The van der Waals surface area contributed by atoms with Crippen molar-refractivity contribution in [1.29, 1.82) is 5.26 Å². The predicted molar refractivity (Wildman–Crippen MR) is 137 cm³/mol. The first kappa shape index (κ1) is 26.3. The number of aromatic nitrogens is 1. The first-order chi connectivity index (χ1) is 16.6. The van der Waals surface area contributed by atoms with Crippen molar-refractivity contribution in [2.75, 3.05) is 31.1 Å². The Morgan fingerprint density at radius 3 is 2.54 bits per heavy atom. The molecule has 9 nitrogen and oxygen atoms in total. The Hall–Kier alpha value is -3.28. The number of thioether (sulfide) groups is 1. The maximum Gasteiger partial charge on any atom is 0.410 e. The van der Waals surface area contributed by atoms with Crippen LogP contribution in [0, 0.1) is 17.9 Å². The smallest absolute Gasteiger partial charge is 0.410 e. The van der Waals surface area contributed by atoms with Gasteiger partial charge < -0.3 is 20.3 Å². The molecular formula is C24H28N6O3S2. The van der Waals surface area contributed by atoms with Crippen LogP contribution in [0.3, 0.4) is 0 Å². The number of carbonyl (C=O) groups is 2. The molecule has 11 heteroatoms. The van der Waals surface area contributed by atoms with Crippen molar-refractivity contribution in [3.05, 3.63) is 44.9 Å². The number of nitrogens with two attached hydrogens (primary N) is 1. The molecular weight excluding hydrogens is 484 g/mol. The monoisotopic (exact) mass is 512 g/mol. The van der Waals surface area contributed by atoms with Crippen molar-refractivity contribution in [3.63, 3.8) is 0 Å². The Balaban J connectivity index is 1.95. The molecule has 2 aromatic heterocycles. The molecule has 184 valence electrons. The summed E-state index contributed by atoms with van der Waals surface area (Å²) < 4.78 is 5.47. The van der Waals surface area contributed by atoms with Crippen molar-refractivity contribution < 1.29 is 14.3 Å². The standard InChI is InChI=1S/C24H28N6O3S2/c1-6-16-17(13-25)22(35-19(20(26)31)15-7-12-34-14-15)28-21(18(16)27-5)29-8-10-30(11-9-29)23(32)33-24(2,3)4/h7,12,14,19H,6,8-11H2,1-4H3,(H2,26,31). The summed E-state index contributed by atoms with van der Waals surface area (Å²) in [6.07, 6.45) is 0.0854. The number of anilines is 1. The minimum absolute atomic E-state index is 0.293. The third-order valence-corrected chi connectivity index (χ3v) is 7.32. The van der Waals surface area contributed by atoms with E-state index in [1.54, 1.807) is 4.90 Å². The van der Waals surface area contributed by atoms with Crippen LogP contribution in [0.1, 0.15) is 49.6 Å². The lowest BCUT2D eigenvalue weighted by atomic mass is 10.1. The zero-order valence-electron chi connectivity index (χ0n) is 20.2. The summed E-state index contributed by atoms with van der Waals surface area (Å²) in [5, 5.41) is 13.3. The summed E-state index contributed by atoms with van der Waals surface area (Å²) in [6.45, 7) is 16.9. The van der Waals surface area contributed by atoms with Crippen LogP contribution in [0.4, 0.5) is 16.3 Å². The highest BCUT2D eigenvalue weighted by Gasteiger charge is 2.31. The molecule has 0 bridgehead atoms. The first-order valence-electron chi connectivity index (χ1n) is 11.1. The maximum absolute atomic E-state index is 12.5. The van der Waals surface area contributed by atoms with E-state index in [0.29, 0.717) is 60.3 Å². The highest BCUT2D eigenvalue weighted by molar-refractivity contribution is 8.00. The van der Waals surface area contributed by atoms with Crippen molar-refractivity contribution in [2.24, 2.45) is 5.73 Å². The number of hydrogen-bond donors (Lipinski definition) is 1. The van der Waals surface area contributed by atoms with Gasteiger partial charge in [-0.05, 0) is 55.1 Å². The van der Waals surface area contributed by atoms with Crippen molar-refractivity contribution in [3.8, 4) is 6.07 Å². The zero-order chi connectivity index (χ0) is 25.8. The third-order valence-electron chi connectivity index (χ3n) is 5.36. The second kappa shape index (κ2) is 11.0. The van der Waals surface area contributed by atoms with Crippen LogP contribution in [0.15, 0.2) is 21.9 Å². The maximum atomic E-state index is 12.5. The minimum Gasteiger partial charge on any atom is -0.444 e. The van der Waals surface area contributed by atoms with E-state index < -0.39 is 16.8 Å². The molecule has 1 aliphatic heterocycles. The topological polar surface area (TPSA) is 117 Å². The van der Waals surface area contributed by atoms with Crippen molar-refractivity contribution in [1.82, 2.24) is 9.88 Å². The lowest BCUT2D eigenvalue weighted by Crippen LogP contribution is -2.50. The van der Waals surface area contributed by atoms with E-state index in [9.17, 15) is 14.9 Å². The molecule has 0 aliphatic carbocycles. The summed E-state index contributed by atoms with van der Waals surface area (Å²) in [4.78, 5) is 36.7. The average molecular weight is 513 g/mol. The molecule has 3 heterocycles. The molecule has 2 aromatic rings. The van der Waals surface area contributed by atoms with E-state index in [1.165, 1.54) is 11.3 Å². The number of rotatable bonds is 6. The highest BCUT2D eigenvalue weighted by atomic mass is 32.2. The quantitative estimate of drug-likeness (QED) is 0.447. The van der Waals surface area contributed by atoms with Gasteiger partial charge in [0.25, 0.3) is 0 Å². The van der Waals surface area contributed by atoms with E-state index in [4.69, 9.17) is 22.0 Å². The van der Waals surface area contributed by atoms with Gasteiger partial charge in [-0.1, -0.05) is 18.7 Å². The Morgan fingerprint density at radius 1 is 1.37 bits per heavy atom. The SMILES string of the molecule is [C-]#[N+]c1c(N2CCN(C(=O)OC(C)(C)C)CC2)nc(SC(C(N)=O)c2ccsc2)c(C#N)c1CC. The fourth-order valence-electron chi connectivity index (χ4n) is 3.72. The summed E-state index contributed by atoms with van der Waals surface area (Å²) in [7, 11) is 0. The number of nitriles is 1. The first-order valence-corrected chi connectivity index (χ1v) is 13.0.